The molecule has 0 aliphatic rings. The lowest BCUT2D eigenvalue weighted by atomic mass is 10.1. The highest BCUT2D eigenvalue weighted by atomic mass is 32.1. The predicted octanol–water partition coefficient (Wildman–Crippen LogP) is 4.94. The van der Waals surface area contributed by atoms with E-state index in [9.17, 15) is 18.0 Å². The molecule has 5 N–H and O–H groups in total. The topological polar surface area (TPSA) is 133 Å². The maximum absolute atomic E-state index is 12.9. The highest BCUT2D eigenvalue weighted by Gasteiger charge is 2.31. The Bertz CT molecular complexity index is 1540. The molecule has 5 aromatic rings. The molecule has 3 aromatic heterocycles. The summed E-state index contributed by atoms with van der Waals surface area (Å²) in [4.78, 5) is 25.0. The number of primary amides is 1. The van der Waals surface area contributed by atoms with Crippen LogP contribution in [0.4, 0.5) is 30.6 Å². The number of aromatic nitrogens is 3. The molecule has 33 heavy (non-hydrogen) atoms. The number of amides is 1. The van der Waals surface area contributed by atoms with E-state index in [1.807, 2.05) is 0 Å². The van der Waals surface area contributed by atoms with Crippen molar-refractivity contribution in [3.05, 3.63) is 59.2 Å². The Labute approximate surface area is 187 Å². The summed E-state index contributed by atoms with van der Waals surface area (Å²) in [5.74, 6) is -0.651. The molecule has 8 nitrogen and oxygen atoms in total. The van der Waals surface area contributed by atoms with Gasteiger partial charge in [0.25, 0.3) is 11.9 Å². The summed E-state index contributed by atoms with van der Waals surface area (Å²) in [6, 6.07) is 10.1. The molecule has 12 heteroatoms. The zero-order chi connectivity index (χ0) is 23.3. The minimum atomic E-state index is -4.48. The number of halogens is 3. The first-order valence-electron chi connectivity index (χ1n) is 9.39. The Balaban J connectivity index is 1.51. The molecule has 0 fully saturated rings. The summed E-state index contributed by atoms with van der Waals surface area (Å²) in [5.41, 5.74) is 12.9. The lowest BCUT2D eigenvalue weighted by Crippen LogP contribution is -2.10. The van der Waals surface area contributed by atoms with Gasteiger partial charge in [-0.05, 0) is 30.3 Å². The number of nitrogens with two attached hydrogens (primary N) is 2. The standard InChI is InChI=1S/C21H13F3N6O2S/c22-21(23,24)10-4-5-13-12(7-10)30-20(32-13)29-11-3-1-2-9(6-11)16-14-15(25)17(18(26)31)33-19(14)28-8-27-16/h1-8H,25H2,(H2,26,31)(H,29,30). The first kappa shape index (κ1) is 20.7. The molecule has 5 rings (SSSR count). The van der Waals surface area contributed by atoms with Crippen molar-refractivity contribution in [2.24, 2.45) is 5.73 Å². The minimum absolute atomic E-state index is 0.0281. The van der Waals surface area contributed by atoms with Crippen LogP contribution in [0.2, 0.25) is 0 Å². The van der Waals surface area contributed by atoms with E-state index in [4.69, 9.17) is 15.9 Å². The van der Waals surface area contributed by atoms with Gasteiger partial charge in [-0.25, -0.2) is 9.97 Å². The third-order valence-electron chi connectivity index (χ3n) is 4.85. The molecule has 2 aromatic carbocycles. The van der Waals surface area contributed by atoms with E-state index in [1.165, 1.54) is 12.4 Å². The molecular weight excluding hydrogens is 457 g/mol. The van der Waals surface area contributed by atoms with Gasteiger partial charge in [-0.15, -0.1) is 11.3 Å². The quantitative estimate of drug-likeness (QED) is 0.339. The Morgan fingerprint density at radius 3 is 2.70 bits per heavy atom. The second-order valence-corrected chi connectivity index (χ2v) is 8.02. The Kier molecular flexibility index (Phi) is 4.67. The molecule has 0 bridgehead atoms. The normalized spacial score (nSPS) is 11.8. The van der Waals surface area contributed by atoms with Gasteiger partial charge in [-0.1, -0.05) is 12.1 Å². The van der Waals surface area contributed by atoms with E-state index in [0.29, 0.717) is 27.2 Å². The number of thiophene rings is 1. The minimum Gasteiger partial charge on any atom is -0.423 e. The second kappa shape index (κ2) is 7.45. The average Bonchev–Trinajstić information content (AvgIpc) is 3.33. The van der Waals surface area contributed by atoms with Gasteiger partial charge in [-0.3, -0.25) is 4.79 Å². The van der Waals surface area contributed by atoms with Crippen molar-refractivity contribution in [2.45, 2.75) is 6.18 Å². The highest BCUT2D eigenvalue weighted by Crippen LogP contribution is 2.38. The van der Waals surface area contributed by atoms with Gasteiger partial charge in [0.2, 0.25) is 0 Å². The Morgan fingerprint density at radius 2 is 1.94 bits per heavy atom. The monoisotopic (exact) mass is 470 g/mol. The van der Waals surface area contributed by atoms with Crippen LogP contribution in [0.5, 0.6) is 0 Å². The van der Waals surface area contributed by atoms with E-state index in [0.717, 1.165) is 23.5 Å². The van der Waals surface area contributed by atoms with Crippen LogP contribution < -0.4 is 16.8 Å². The molecule has 1 amide bonds. The van der Waals surface area contributed by atoms with Crippen LogP contribution in [-0.4, -0.2) is 20.9 Å². The van der Waals surface area contributed by atoms with Crippen LogP contribution in [0.1, 0.15) is 15.2 Å². The van der Waals surface area contributed by atoms with Crippen molar-refractivity contribution in [3.63, 3.8) is 0 Å². The van der Waals surface area contributed by atoms with Crippen LogP contribution in [0, 0.1) is 0 Å². The summed E-state index contributed by atoms with van der Waals surface area (Å²) < 4.78 is 44.3. The first-order valence-corrected chi connectivity index (χ1v) is 10.2. The van der Waals surface area contributed by atoms with Crippen LogP contribution in [0.3, 0.4) is 0 Å². The summed E-state index contributed by atoms with van der Waals surface area (Å²) >= 11 is 1.08. The lowest BCUT2D eigenvalue weighted by molar-refractivity contribution is -0.137. The molecule has 0 aliphatic carbocycles. The fourth-order valence-corrected chi connectivity index (χ4v) is 4.30. The van der Waals surface area contributed by atoms with Crippen molar-refractivity contribution in [1.82, 2.24) is 15.0 Å². The maximum Gasteiger partial charge on any atom is 0.416 e. The number of hydrogen-bond donors (Lipinski definition) is 3. The van der Waals surface area contributed by atoms with Crippen LogP contribution in [0.15, 0.2) is 53.2 Å². The van der Waals surface area contributed by atoms with Crippen LogP contribution >= 0.6 is 11.3 Å². The van der Waals surface area contributed by atoms with Crippen molar-refractivity contribution >= 4 is 55.9 Å². The number of carbonyl (C=O) groups is 1. The van der Waals surface area contributed by atoms with Crippen molar-refractivity contribution in [3.8, 4) is 11.3 Å². The van der Waals surface area contributed by atoms with E-state index in [2.05, 4.69) is 20.3 Å². The molecule has 3 heterocycles. The molecule has 0 spiro atoms. The number of alkyl halides is 3. The number of rotatable bonds is 4. The number of benzene rings is 2. The van der Waals surface area contributed by atoms with Crippen molar-refractivity contribution in [1.29, 1.82) is 0 Å². The van der Waals surface area contributed by atoms with E-state index in [-0.39, 0.29) is 27.7 Å². The van der Waals surface area contributed by atoms with Gasteiger partial charge >= 0.3 is 6.18 Å². The molecule has 0 radical (unpaired) electrons. The van der Waals surface area contributed by atoms with E-state index in [1.54, 1.807) is 24.3 Å². The second-order valence-electron chi connectivity index (χ2n) is 7.02. The number of fused-ring (bicyclic) bond motifs is 2. The number of hydrogen-bond acceptors (Lipinski definition) is 8. The Morgan fingerprint density at radius 1 is 1.12 bits per heavy atom. The zero-order valence-corrected chi connectivity index (χ0v) is 17.3. The number of nitrogens with one attached hydrogen (secondary N) is 1. The fraction of sp³-hybridized carbons (Fsp3) is 0.0476. The third-order valence-corrected chi connectivity index (χ3v) is 5.98. The predicted molar refractivity (Wildman–Crippen MR) is 118 cm³/mol. The van der Waals surface area contributed by atoms with Gasteiger partial charge < -0.3 is 21.2 Å². The largest absolute Gasteiger partial charge is 0.423 e. The molecule has 0 saturated carbocycles. The smallest absolute Gasteiger partial charge is 0.416 e. The summed E-state index contributed by atoms with van der Waals surface area (Å²) in [7, 11) is 0. The third kappa shape index (κ3) is 3.69. The SMILES string of the molecule is NC(=O)c1sc2ncnc(-c3cccc(Nc4nc5cc(C(F)(F)F)ccc5o4)c3)c2c1N. The zero-order valence-electron chi connectivity index (χ0n) is 16.5. The number of anilines is 3. The number of carbonyl (C=O) groups excluding carboxylic acids is 1. The average molecular weight is 470 g/mol. The summed E-state index contributed by atoms with van der Waals surface area (Å²) in [6.07, 6.45) is -3.12. The van der Waals surface area contributed by atoms with E-state index < -0.39 is 17.6 Å². The van der Waals surface area contributed by atoms with Crippen LogP contribution in [0.25, 0.3) is 32.6 Å². The van der Waals surface area contributed by atoms with Crippen molar-refractivity contribution < 1.29 is 22.4 Å². The first-order chi connectivity index (χ1) is 15.7. The molecule has 0 unspecified atom stereocenters. The number of nitrogen functional groups attached to an aromatic ring is 1. The van der Waals surface area contributed by atoms with Crippen LogP contribution in [-0.2, 0) is 6.18 Å². The van der Waals surface area contributed by atoms with E-state index >= 15 is 0 Å². The highest BCUT2D eigenvalue weighted by molar-refractivity contribution is 7.21. The lowest BCUT2D eigenvalue weighted by Gasteiger charge is -2.07. The van der Waals surface area contributed by atoms with Gasteiger partial charge in [-0.2, -0.15) is 18.2 Å². The maximum atomic E-state index is 12.9. The molecule has 0 atom stereocenters. The molecule has 0 aliphatic heterocycles. The summed E-state index contributed by atoms with van der Waals surface area (Å²) in [5, 5.41) is 3.45. The van der Waals surface area contributed by atoms with Gasteiger partial charge in [0, 0.05) is 11.3 Å². The summed E-state index contributed by atoms with van der Waals surface area (Å²) in [6.45, 7) is 0. The number of oxazole rings is 1. The van der Waals surface area contributed by atoms with Gasteiger partial charge in [0.15, 0.2) is 5.58 Å². The van der Waals surface area contributed by atoms with Gasteiger partial charge in [0.1, 0.15) is 21.6 Å². The molecular formula is C21H13F3N6O2S. The molecule has 166 valence electrons. The van der Waals surface area contributed by atoms with Gasteiger partial charge in [0.05, 0.1) is 22.3 Å². The molecule has 0 saturated heterocycles. The van der Waals surface area contributed by atoms with Crippen molar-refractivity contribution in [2.75, 3.05) is 11.1 Å². The Hall–Kier alpha value is -4.19. The number of nitrogens with zero attached hydrogens (tertiary/aromatic N) is 3. The fourth-order valence-electron chi connectivity index (χ4n) is 3.38.